The van der Waals surface area contributed by atoms with Gasteiger partial charge in [0, 0.05) is 0 Å². The predicted octanol–water partition coefficient (Wildman–Crippen LogP) is 2.51. The molecule has 1 rings (SSSR count). The van der Waals surface area contributed by atoms with Gasteiger partial charge in [-0.05, 0) is 12.1 Å². The lowest BCUT2D eigenvalue weighted by molar-refractivity contribution is 0.355. The molecule has 2 nitrogen and oxygen atoms in total. The Morgan fingerprint density at radius 1 is 0.917 bits per heavy atom. The Labute approximate surface area is 73.4 Å². The fraction of sp³-hybridized carbons (Fsp3) is 0.200. The topological polar surface area (TPSA) is 18.5 Å². The summed E-state index contributed by atoms with van der Waals surface area (Å²) in [6, 6.07) is 7.53. The Morgan fingerprint density at radius 3 is 1.50 bits per heavy atom. The predicted molar refractivity (Wildman–Crippen MR) is 50.8 cm³/mol. The minimum absolute atomic E-state index is 0.769. The van der Waals surface area contributed by atoms with Crippen molar-refractivity contribution in [3.05, 3.63) is 37.4 Å². The summed E-state index contributed by atoms with van der Waals surface area (Å²) in [4.78, 5) is 0. The van der Waals surface area contributed by atoms with E-state index in [9.17, 15) is 0 Å². The normalized spacial score (nSPS) is 7.83. The van der Waals surface area contributed by atoms with Crippen molar-refractivity contribution >= 4 is 0 Å². The maximum atomic E-state index is 5.01. The SMILES string of the molecule is C=C.COc1ccccc1OC. The molecule has 12 heavy (non-hydrogen) atoms. The summed E-state index contributed by atoms with van der Waals surface area (Å²) in [5.74, 6) is 1.54. The van der Waals surface area contributed by atoms with Crippen molar-refractivity contribution in [1.82, 2.24) is 0 Å². The Balaban J connectivity index is 0.000000561. The third-order valence-corrected chi connectivity index (χ3v) is 1.29. The van der Waals surface area contributed by atoms with E-state index in [2.05, 4.69) is 13.2 Å². The standard InChI is InChI=1S/C8H10O2.C2H4/c1-9-7-5-3-4-6-8(7)10-2;1-2/h3-6H,1-2H3;1-2H2. The molecule has 66 valence electrons. The van der Waals surface area contributed by atoms with E-state index in [1.807, 2.05) is 24.3 Å². The van der Waals surface area contributed by atoms with Crippen molar-refractivity contribution in [3.63, 3.8) is 0 Å². The molecule has 0 aliphatic rings. The summed E-state index contributed by atoms with van der Waals surface area (Å²) in [5, 5.41) is 0. The van der Waals surface area contributed by atoms with E-state index in [-0.39, 0.29) is 0 Å². The zero-order valence-corrected chi connectivity index (χ0v) is 7.54. The molecule has 0 spiro atoms. The molecule has 0 fully saturated rings. The van der Waals surface area contributed by atoms with Gasteiger partial charge in [-0.3, -0.25) is 0 Å². The molecule has 1 aromatic rings. The number of ether oxygens (including phenoxy) is 2. The van der Waals surface area contributed by atoms with Crippen LogP contribution in [0.25, 0.3) is 0 Å². The molecular formula is C10H14O2. The summed E-state index contributed by atoms with van der Waals surface area (Å²) >= 11 is 0. The summed E-state index contributed by atoms with van der Waals surface area (Å²) in [7, 11) is 3.25. The average molecular weight is 166 g/mol. The zero-order valence-electron chi connectivity index (χ0n) is 7.54. The van der Waals surface area contributed by atoms with Crippen molar-refractivity contribution < 1.29 is 9.47 Å². The second kappa shape index (κ2) is 6.28. The first kappa shape index (κ1) is 10.6. The molecule has 0 aromatic heterocycles. The van der Waals surface area contributed by atoms with Gasteiger partial charge in [0.1, 0.15) is 0 Å². The maximum Gasteiger partial charge on any atom is 0.160 e. The highest BCUT2D eigenvalue weighted by molar-refractivity contribution is 5.38. The molecule has 0 amide bonds. The van der Waals surface area contributed by atoms with Crippen LogP contribution in [0.4, 0.5) is 0 Å². The second-order valence-electron chi connectivity index (χ2n) is 1.85. The minimum Gasteiger partial charge on any atom is -0.493 e. The summed E-state index contributed by atoms with van der Waals surface area (Å²) in [6.07, 6.45) is 0. The first-order valence-corrected chi connectivity index (χ1v) is 3.55. The van der Waals surface area contributed by atoms with Crippen LogP contribution in [0.1, 0.15) is 0 Å². The third kappa shape index (κ3) is 2.66. The lowest BCUT2D eigenvalue weighted by atomic mass is 10.3. The van der Waals surface area contributed by atoms with Crippen LogP contribution in [-0.4, -0.2) is 14.2 Å². The highest BCUT2D eigenvalue weighted by Gasteiger charge is 1.97. The number of hydrogen-bond donors (Lipinski definition) is 0. The first-order chi connectivity index (χ1) is 5.88. The van der Waals surface area contributed by atoms with E-state index in [4.69, 9.17) is 9.47 Å². The zero-order chi connectivity index (χ0) is 9.40. The highest BCUT2D eigenvalue weighted by atomic mass is 16.5. The van der Waals surface area contributed by atoms with Crippen LogP contribution in [-0.2, 0) is 0 Å². The van der Waals surface area contributed by atoms with Crippen molar-refractivity contribution in [2.75, 3.05) is 14.2 Å². The van der Waals surface area contributed by atoms with E-state index in [0.717, 1.165) is 11.5 Å². The molecule has 0 saturated heterocycles. The number of para-hydroxylation sites is 2. The lowest BCUT2D eigenvalue weighted by Gasteiger charge is -2.04. The van der Waals surface area contributed by atoms with Gasteiger partial charge < -0.3 is 9.47 Å². The number of rotatable bonds is 2. The molecule has 0 heterocycles. The Morgan fingerprint density at radius 2 is 1.25 bits per heavy atom. The fourth-order valence-electron chi connectivity index (χ4n) is 0.787. The van der Waals surface area contributed by atoms with Gasteiger partial charge in [-0.1, -0.05) is 12.1 Å². The largest absolute Gasteiger partial charge is 0.493 e. The summed E-state index contributed by atoms with van der Waals surface area (Å²) in [6.45, 7) is 6.00. The molecule has 2 heteroatoms. The Hall–Kier alpha value is -1.44. The van der Waals surface area contributed by atoms with Crippen molar-refractivity contribution in [3.8, 4) is 11.5 Å². The van der Waals surface area contributed by atoms with Crippen LogP contribution >= 0.6 is 0 Å². The molecule has 1 aromatic carbocycles. The van der Waals surface area contributed by atoms with E-state index in [1.165, 1.54) is 0 Å². The van der Waals surface area contributed by atoms with Gasteiger partial charge in [-0.15, -0.1) is 13.2 Å². The fourth-order valence-corrected chi connectivity index (χ4v) is 0.787. The molecule has 0 radical (unpaired) electrons. The maximum absolute atomic E-state index is 5.01. The molecule has 0 bridgehead atoms. The second-order valence-corrected chi connectivity index (χ2v) is 1.85. The number of methoxy groups -OCH3 is 2. The third-order valence-electron chi connectivity index (χ3n) is 1.29. The molecule has 0 saturated carbocycles. The molecule has 0 aliphatic heterocycles. The molecule has 0 N–H and O–H groups in total. The monoisotopic (exact) mass is 166 g/mol. The van der Waals surface area contributed by atoms with Crippen molar-refractivity contribution in [2.45, 2.75) is 0 Å². The number of benzene rings is 1. The quantitative estimate of drug-likeness (QED) is 0.628. The van der Waals surface area contributed by atoms with Crippen LogP contribution in [0.3, 0.4) is 0 Å². The molecule has 0 aliphatic carbocycles. The summed E-state index contributed by atoms with van der Waals surface area (Å²) < 4.78 is 10.0. The van der Waals surface area contributed by atoms with E-state index < -0.39 is 0 Å². The Kier molecular flexibility index (Phi) is 5.53. The smallest absolute Gasteiger partial charge is 0.160 e. The van der Waals surface area contributed by atoms with Crippen molar-refractivity contribution in [2.24, 2.45) is 0 Å². The van der Waals surface area contributed by atoms with E-state index >= 15 is 0 Å². The number of hydrogen-bond acceptors (Lipinski definition) is 2. The van der Waals surface area contributed by atoms with Crippen LogP contribution in [0.15, 0.2) is 37.4 Å². The molecule has 0 unspecified atom stereocenters. The molecule has 0 atom stereocenters. The van der Waals surface area contributed by atoms with Crippen LogP contribution < -0.4 is 9.47 Å². The van der Waals surface area contributed by atoms with Gasteiger partial charge in [-0.25, -0.2) is 0 Å². The molecular weight excluding hydrogens is 152 g/mol. The van der Waals surface area contributed by atoms with Crippen LogP contribution in [0, 0.1) is 0 Å². The van der Waals surface area contributed by atoms with Gasteiger partial charge in [0.15, 0.2) is 11.5 Å². The lowest BCUT2D eigenvalue weighted by Crippen LogP contribution is -1.88. The van der Waals surface area contributed by atoms with Gasteiger partial charge in [-0.2, -0.15) is 0 Å². The van der Waals surface area contributed by atoms with Gasteiger partial charge >= 0.3 is 0 Å². The van der Waals surface area contributed by atoms with E-state index in [0.29, 0.717) is 0 Å². The van der Waals surface area contributed by atoms with Gasteiger partial charge in [0.2, 0.25) is 0 Å². The minimum atomic E-state index is 0.769. The van der Waals surface area contributed by atoms with E-state index in [1.54, 1.807) is 14.2 Å². The Bertz CT molecular complexity index is 198. The summed E-state index contributed by atoms with van der Waals surface area (Å²) in [5.41, 5.74) is 0. The van der Waals surface area contributed by atoms with Crippen molar-refractivity contribution in [1.29, 1.82) is 0 Å². The highest BCUT2D eigenvalue weighted by Crippen LogP contribution is 2.24. The average Bonchev–Trinajstić information content (AvgIpc) is 2.20. The van der Waals surface area contributed by atoms with Crippen LogP contribution in [0.2, 0.25) is 0 Å². The van der Waals surface area contributed by atoms with Gasteiger partial charge in [0.05, 0.1) is 14.2 Å². The van der Waals surface area contributed by atoms with Gasteiger partial charge in [0.25, 0.3) is 0 Å². The first-order valence-electron chi connectivity index (χ1n) is 3.55. The van der Waals surface area contributed by atoms with Crippen LogP contribution in [0.5, 0.6) is 11.5 Å².